The molecule has 0 saturated carbocycles. The van der Waals surface area contributed by atoms with Crippen LogP contribution in [0.2, 0.25) is 0 Å². The number of carbonyl (C=O) groups excluding carboxylic acids is 2. The highest BCUT2D eigenvalue weighted by molar-refractivity contribution is 5.83. The molecule has 29 heavy (non-hydrogen) atoms. The minimum absolute atomic E-state index is 0.107. The second kappa shape index (κ2) is 11.5. The van der Waals surface area contributed by atoms with Crippen LogP contribution in [0.5, 0.6) is 5.75 Å². The number of aliphatic carboxylic acids is 1. The van der Waals surface area contributed by atoms with E-state index < -0.39 is 18.2 Å². The van der Waals surface area contributed by atoms with Crippen molar-refractivity contribution in [3.8, 4) is 5.75 Å². The monoisotopic (exact) mass is 399 g/mol. The average Bonchev–Trinajstić information content (AvgIpc) is 2.72. The zero-order chi connectivity index (χ0) is 21.1. The second-order valence-corrected chi connectivity index (χ2v) is 6.54. The van der Waals surface area contributed by atoms with Crippen molar-refractivity contribution in [3.05, 3.63) is 65.7 Å². The second-order valence-electron chi connectivity index (χ2n) is 6.54. The van der Waals surface area contributed by atoms with E-state index in [1.807, 2.05) is 37.3 Å². The highest BCUT2D eigenvalue weighted by Gasteiger charge is 2.20. The summed E-state index contributed by atoms with van der Waals surface area (Å²) in [6.45, 7) is 2.07. The summed E-state index contributed by atoms with van der Waals surface area (Å²) in [5.74, 6) is -1.09. The zero-order valence-electron chi connectivity index (χ0n) is 16.3. The number of carboxylic acid groups (broad SMARTS) is 1. The van der Waals surface area contributed by atoms with E-state index in [9.17, 15) is 19.5 Å². The van der Waals surface area contributed by atoms with E-state index in [2.05, 4.69) is 5.32 Å². The van der Waals surface area contributed by atoms with Crippen molar-refractivity contribution in [1.82, 2.24) is 5.32 Å². The molecule has 1 amide bonds. The molecule has 0 aliphatic carbocycles. The van der Waals surface area contributed by atoms with Crippen molar-refractivity contribution in [2.75, 3.05) is 0 Å². The molecule has 1 unspecified atom stereocenters. The Morgan fingerprint density at radius 3 is 2.31 bits per heavy atom. The molecule has 7 heteroatoms. The lowest BCUT2D eigenvalue weighted by molar-refractivity contribution is -0.141. The molecular formula is C22H25NO6. The number of hydrogen-bond acceptors (Lipinski definition) is 5. The molecule has 2 rings (SSSR count). The summed E-state index contributed by atoms with van der Waals surface area (Å²) in [6.07, 6.45) is 1.18. The number of unbranched alkanes of at least 4 members (excludes halogenated alkanes) is 1. The van der Waals surface area contributed by atoms with Crippen molar-refractivity contribution < 1.29 is 29.0 Å². The highest BCUT2D eigenvalue weighted by Crippen LogP contribution is 2.15. The first-order valence-electron chi connectivity index (χ1n) is 9.47. The lowest BCUT2D eigenvalue weighted by atomic mass is 10.1. The van der Waals surface area contributed by atoms with Crippen LogP contribution < -0.4 is 10.1 Å². The van der Waals surface area contributed by atoms with Gasteiger partial charge in [-0.1, -0.05) is 55.8 Å². The quantitative estimate of drug-likeness (QED) is 0.466. The molecule has 2 aromatic rings. The predicted octanol–water partition coefficient (Wildman–Crippen LogP) is 3.70. The van der Waals surface area contributed by atoms with Gasteiger partial charge in [-0.2, -0.15) is 0 Å². The number of hydrogen-bond donors (Lipinski definition) is 2. The molecule has 0 saturated heterocycles. The van der Waals surface area contributed by atoms with E-state index in [4.69, 9.17) is 9.47 Å². The summed E-state index contributed by atoms with van der Waals surface area (Å²) in [4.78, 5) is 35.0. The Labute approximate surface area is 169 Å². The molecule has 0 bridgehead atoms. The molecule has 154 valence electrons. The predicted molar refractivity (Wildman–Crippen MR) is 106 cm³/mol. The molecule has 0 fully saturated rings. The lowest BCUT2D eigenvalue weighted by Gasteiger charge is -2.15. The molecule has 0 aromatic heterocycles. The fourth-order valence-corrected chi connectivity index (χ4v) is 2.58. The average molecular weight is 399 g/mol. The Hall–Kier alpha value is -3.35. The molecule has 7 nitrogen and oxygen atoms in total. The first-order chi connectivity index (χ1) is 14.0. The van der Waals surface area contributed by atoms with Crippen LogP contribution >= 0.6 is 0 Å². The molecule has 0 spiro atoms. The number of benzene rings is 2. The van der Waals surface area contributed by atoms with Gasteiger partial charge in [-0.05, 0) is 29.7 Å². The first kappa shape index (κ1) is 21.9. The van der Waals surface area contributed by atoms with Gasteiger partial charge in [-0.15, -0.1) is 0 Å². The van der Waals surface area contributed by atoms with Gasteiger partial charge in [-0.3, -0.25) is 4.79 Å². The number of nitrogens with one attached hydrogen (secondary N) is 1. The van der Waals surface area contributed by atoms with Crippen LogP contribution in [0.15, 0.2) is 54.6 Å². The Kier molecular flexibility index (Phi) is 8.69. The van der Waals surface area contributed by atoms with Crippen LogP contribution in [0, 0.1) is 0 Å². The topological polar surface area (TPSA) is 102 Å². The van der Waals surface area contributed by atoms with E-state index in [1.165, 1.54) is 0 Å². The lowest BCUT2D eigenvalue weighted by Crippen LogP contribution is -2.42. The van der Waals surface area contributed by atoms with Crippen LogP contribution in [0.1, 0.15) is 37.3 Å². The normalized spacial score (nSPS) is 11.3. The largest absolute Gasteiger partial charge is 0.514 e. The minimum Gasteiger partial charge on any atom is -0.480 e. The van der Waals surface area contributed by atoms with Gasteiger partial charge in [0.25, 0.3) is 0 Å². The first-order valence-corrected chi connectivity index (χ1v) is 9.47. The fourth-order valence-electron chi connectivity index (χ4n) is 2.58. The van der Waals surface area contributed by atoms with Gasteiger partial charge in [0.05, 0.1) is 0 Å². The third-order valence-electron chi connectivity index (χ3n) is 4.15. The summed E-state index contributed by atoms with van der Waals surface area (Å²) >= 11 is 0. The Morgan fingerprint density at radius 1 is 1.00 bits per heavy atom. The van der Waals surface area contributed by atoms with Gasteiger partial charge >= 0.3 is 12.1 Å². The summed E-state index contributed by atoms with van der Waals surface area (Å²) in [7, 11) is 0. The summed E-state index contributed by atoms with van der Waals surface area (Å²) in [6, 6.07) is 14.6. The molecule has 2 N–H and O–H groups in total. The van der Waals surface area contributed by atoms with Crippen LogP contribution in [0.25, 0.3) is 0 Å². The van der Waals surface area contributed by atoms with Crippen molar-refractivity contribution >= 4 is 18.0 Å². The molecule has 2 aromatic carbocycles. The molecule has 0 aliphatic rings. The maximum atomic E-state index is 11.8. The minimum atomic E-state index is -1.10. The van der Waals surface area contributed by atoms with Gasteiger partial charge in [0.15, 0.2) is 0 Å². The van der Waals surface area contributed by atoms with Crippen LogP contribution in [-0.4, -0.2) is 29.2 Å². The van der Waals surface area contributed by atoms with Gasteiger partial charge in [-0.25, -0.2) is 9.59 Å². The Morgan fingerprint density at radius 2 is 1.69 bits per heavy atom. The standard InChI is InChI=1S/C22H25NO6/c1-2-3-9-20(24)23-19(21(25)26)14-16-10-12-18(13-11-16)29-22(27)28-15-17-7-5-4-6-8-17/h4-8,10-13,19H,2-3,9,14-15H2,1H3,(H,23,24)(H,25,26). The van der Waals surface area contributed by atoms with Crippen molar-refractivity contribution in [3.63, 3.8) is 0 Å². The number of carboxylic acids is 1. The Bertz CT molecular complexity index is 804. The molecule has 0 radical (unpaired) electrons. The summed E-state index contributed by atoms with van der Waals surface area (Å²) < 4.78 is 10.2. The maximum Gasteiger partial charge on any atom is 0.514 e. The van der Waals surface area contributed by atoms with Gasteiger partial charge in [0, 0.05) is 12.8 Å². The van der Waals surface area contributed by atoms with E-state index >= 15 is 0 Å². The zero-order valence-corrected chi connectivity index (χ0v) is 16.3. The number of amides is 1. The molecule has 1 atom stereocenters. The van der Waals surface area contributed by atoms with Gasteiger partial charge in [0.1, 0.15) is 18.4 Å². The van der Waals surface area contributed by atoms with E-state index in [0.29, 0.717) is 18.4 Å². The van der Waals surface area contributed by atoms with Crippen molar-refractivity contribution in [2.24, 2.45) is 0 Å². The van der Waals surface area contributed by atoms with Crippen LogP contribution in [-0.2, 0) is 27.4 Å². The van der Waals surface area contributed by atoms with Gasteiger partial charge in [0.2, 0.25) is 5.91 Å². The number of carbonyl (C=O) groups is 3. The van der Waals surface area contributed by atoms with Crippen LogP contribution in [0.3, 0.4) is 0 Å². The van der Waals surface area contributed by atoms with Crippen LogP contribution in [0.4, 0.5) is 4.79 Å². The van der Waals surface area contributed by atoms with Gasteiger partial charge < -0.3 is 19.9 Å². The molecular weight excluding hydrogens is 374 g/mol. The summed E-state index contributed by atoms with van der Waals surface area (Å²) in [5.41, 5.74) is 1.54. The van der Waals surface area contributed by atoms with Crippen molar-refractivity contribution in [2.45, 2.75) is 45.3 Å². The summed E-state index contributed by atoms with van der Waals surface area (Å²) in [5, 5.41) is 11.9. The Balaban J connectivity index is 1.85. The molecule has 0 aliphatic heterocycles. The van der Waals surface area contributed by atoms with E-state index in [-0.39, 0.29) is 24.7 Å². The molecule has 0 heterocycles. The highest BCUT2D eigenvalue weighted by atomic mass is 16.7. The fraction of sp³-hybridized carbons (Fsp3) is 0.318. The van der Waals surface area contributed by atoms with E-state index in [0.717, 1.165) is 12.0 Å². The van der Waals surface area contributed by atoms with Crippen molar-refractivity contribution in [1.29, 1.82) is 0 Å². The van der Waals surface area contributed by atoms with E-state index in [1.54, 1.807) is 24.3 Å². The third kappa shape index (κ3) is 8.04. The third-order valence-corrected chi connectivity index (χ3v) is 4.15. The SMILES string of the molecule is CCCCC(=O)NC(Cc1ccc(OC(=O)OCc2ccccc2)cc1)C(=O)O. The number of rotatable bonds is 10. The maximum absolute atomic E-state index is 11.8. The number of ether oxygens (including phenoxy) is 2. The smallest absolute Gasteiger partial charge is 0.480 e.